The predicted molar refractivity (Wildman–Crippen MR) is 61.6 cm³/mol. The van der Waals surface area contributed by atoms with Crippen molar-refractivity contribution in [2.45, 2.75) is 25.7 Å². The number of benzene rings is 1. The van der Waals surface area contributed by atoms with E-state index in [4.69, 9.17) is 16.7 Å². The number of carboxylic acid groups (broad SMARTS) is 1. The average molecular weight is 241 g/mol. The Morgan fingerprint density at radius 2 is 2.00 bits per heavy atom. The van der Waals surface area contributed by atoms with Crippen LogP contribution in [0.2, 0.25) is 5.02 Å². The molecule has 0 heterocycles. The minimum Gasteiger partial charge on any atom is -0.481 e. The van der Waals surface area contributed by atoms with Crippen molar-refractivity contribution >= 4 is 23.4 Å². The smallest absolute Gasteiger partial charge is 0.303 e. The molecule has 1 rings (SSSR count). The molecule has 0 aliphatic carbocycles. The Hall–Kier alpha value is -1.35. The SMILES string of the molecule is O=C(O)CCCC(=O)Cc1cccc(Cl)c1. The van der Waals surface area contributed by atoms with Crippen LogP contribution in [0.4, 0.5) is 0 Å². The van der Waals surface area contributed by atoms with E-state index in [2.05, 4.69) is 0 Å². The third-order valence-corrected chi connectivity index (χ3v) is 2.37. The summed E-state index contributed by atoms with van der Waals surface area (Å²) in [5.41, 5.74) is 0.868. The number of carbonyl (C=O) groups is 2. The van der Waals surface area contributed by atoms with Gasteiger partial charge >= 0.3 is 5.97 Å². The maximum absolute atomic E-state index is 11.5. The monoisotopic (exact) mass is 240 g/mol. The number of carboxylic acids is 1. The number of halogens is 1. The van der Waals surface area contributed by atoms with Crippen LogP contribution in [-0.4, -0.2) is 16.9 Å². The standard InChI is InChI=1S/C12H13ClO3/c13-10-4-1-3-9(7-10)8-11(14)5-2-6-12(15)16/h1,3-4,7H,2,5-6,8H2,(H,15,16). The van der Waals surface area contributed by atoms with Crippen molar-refractivity contribution in [1.82, 2.24) is 0 Å². The summed E-state index contributed by atoms with van der Waals surface area (Å²) in [7, 11) is 0. The number of aliphatic carboxylic acids is 1. The lowest BCUT2D eigenvalue weighted by molar-refractivity contribution is -0.137. The van der Waals surface area contributed by atoms with Crippen molar-refractivity contribution in [1.29, 1.82) is 0 Å². The zero-order valence-corrected chi connectivity index (χ0v) is 9.54. The van der Waals surface area contributed by atoms with E-state index in [0.717, 1.165) is 5.56 Å². The van der Waals surface area contributed by atoms with Gasteiger partial charge in [-0.3, -0.25) is 9.59 Å². The molecular formula is C12H13ClO3. The van der Waals surface area contributed by atoms with Crippen LogP contribution in [0.3, 0.4) is 0 Å². The summed E-state index contributed by atoms with van der Waals surface area (Å²) in [5.74, 6) is -0.820. The number of Topliss-reactive ketones (excluding diaryl/α,β-unsaturated/α-hetero) is 1. The number of ketones is 1. The topological polar surface area (TPSA) is 54.4 Å². The Balaban J connectivity index is 2.37. The van der Waals surface area contributed by atoms with Gasteiger partial charge in [-0.2, -0.15) is 0 Å². The molecule has 0 saturated carbocycles. The van der Waals surface area contributed by atoms with Gasteiger partial charge in [0.15, 0.2) is 0 Å². The van der Waals surface area contributed by atoms with Gasteiger partial charge in [0.25, 0.3) is 0 Å². The van der Waals surface area contributed by atoms with Crippen LogP contribution < -0.4 is 0 Å². The van der Waals surface area contributed by atoms with E-state index in [-0.39, 0.29) is 12.2 Å². The molecule has 4 heteroatoms. The second kappa shape index (κ2) is 6.28. The fourth-order valence-corrected chi connectivity index (χ4v) is 1.61. The van der Waals surface area contributed by atoms with Gasteiger partial charge < -0.3 is 5.11 Å². The van der Waals surface area contributed by atoms with Crippen LogP contribution in [0, 0.1) is 0 Å². The molecule has 0 saturated heterocycles. The van der Waals surface area contributed by atoms with Crippen LogP contribution in [0.25, 0.3) is 0 Å². The van der Waals surface area contributed by atoms with Crippen molar-refractivity contribution < 1.29 is 14.7 Å². The molecule has 0 aliphatic rings. The van der Waals surface area contributed by atoms with Gasteiger partial charge in [-0.15, -0.1) is 0 Å². The first kappa shape index (κ1) is 12.7. The van der Waals surface area contributed by atoms with Gasteiger partial charge in [0, 0.05) is 24.3 Å². The highest BCUT2D eigenvalue weighted by Crippen LogP contribution is 2.12. The lowest BCUT2D eigenvalue weighted by atomic mass is 10.1. The van der Waals surface area contributed by atoms with Gasteiger partial charge in [0.1, 0.15) is 5.78 Å². The maximum Gasteiger partial charge on any atom is 0.303 e. The Morgan fingerprint density at radius 3 is 2.62 bits per heavy atom. The minimum atomic E-state index is -0.865. The number of hydrogen-bond donors (Lipinski definition) is 1. The quantitative estimate of drug-likeness (QED) is 0.832. The first-order chi connectivity index (χ1) is 7.58. The van der Waals surface area contributed by atoms with E-state index in [1.165, 1.54) is 0 Å². The van der Waals surface area contributed by atoms with Crippen molar-refractivity contribution in [3.63, 3.8) is 0 Å². The van der Waals surface area contributed by atoms with E-state index in [0.29, 0.717) is 24.3 Å². The highest BCUT2D eigenvalue weighted by molar-refractivity contribution is 6.30. The molecule has 0 fully saturated rings. The zero-order valence-electron chi connectivity index (χ0n) is 8.78. The molecule has 1 N–H and O–H groups in total. The van der Waals surface area contributed by atoms with Crippen LogP contribution >= 0.6 is 11.6 Å². The molecule has 0 spiro atoms. The van der Waals surface area contributed by atoms with E-state index < -0.39 is 5.97 Å². The molecule has 0 bridgehead atoms. The van der Waals surface area contributed by atoms with Crippen molar-refractivity contribution in [2.75, 3.05) is 0 Å². The summed E-state index contributed by atoms with van der Waals surface area (Å²) < 4.78 is 0. The lowest BCUT2D eigenvalue weighted by Gasteiger charge is -2.01. The first-order valence-electron chi connectivity index (χ1n) is 5.06. The summed E-state index contributed by atoms with van der Waals surface area (Å²) in [6, 6.07) is 7.12. The van der Waals surface area contributed by atoms with E-state index >= 15 is 0 Å². The third-order valence-electron chi connectivity index (χ3n) is 2.14. The molecule has 1 aromatic rings. The molecule has 1 aromatic carbocycles. The van der Waals surface area contributed by atoms with Gasteiger partial charge in [-0.25, -0.2) is 0 Å². The summed E-state index contributed by atoms with van der Waals surface area (Å²) in [6.07, 6.45) is 1.06. The first-order valence-corrected chi connectivity index (χ1v) is 5.43. The molecule has 3 nitrogen and oxygen atoms in total. The van der Waals surface area contributed by atoms with Crippen molar-refractivity contribution in [3.8, 4) is 0 Å². The molecule has 0 atom stereocenters. The third kappa shape index (κ3) is 4.94. The summed E-state index contributed by atoms with van der Waals surface area (Å²) >= 11 is 5.79. The second-order valence-corrected chi connectivity index (χ2v) is 4.03. The molecular weight excluding hydrogens is 228 g/mol. The van der Waals surface area contributed by atoms with Gasteiger partial charge in [0.2, 0.25) is 0 Å². The average Bonchev–Trinajstić information content (AvgIpc) is 2.16. The molecule has 16 heavy (non-hydrogen) atoms. The molecule has 86 valence electrons. The largest absolute Gasteiger partial charge is 0.481 e. The molecule has 0 amide bonds. The van der Waals surface area contributed by atoms with Crippen molar-refractivity contribution in [3.05, 3.63) is 34.9 Å². The Kier molecular flexibility index (Phi) is 4.99. The van der Waals surface area contributed by atoms with Crippen LogP contribution in [0.5, 0.6) is 0 Å². The van der Waals surface area contributed by atoms with Crippen LogP contribution in [0.1, 0.15) is 24.8 Å². The summed E-state index contributed by atoms with van der Waals surface area (Å²) in [6.45, 7) is 0. The van der Waals surface area contributed by atoms with Gasteiger partial charge in [-0.1, -0.05) is 23.7 Å². The number of rotatable bonds is 6. The maximum atomic E-state index is 11.5. The molecule has 0 aliphatic heterocycles. The Labute approximate surface area is 99.0 Å². The van der Waals surface area contributed by atoms with Crippen molar-refractivity contribution in [2.24, 2.45) is 0 Å². The van der Waals surface area contributed by atoms with E-state index in [9.17, 15) is 9.59 Å². The summed E-state index contributed by atoms with van der Waals surface area (Å²) in [4.78, 5) is 21.7. The molecule has 0 unspecified atom stereocenters. The zero-order chi connectivity index (χ0) is 12.0. The number of carbonyl (C=O) groups excluding carboxylic acids is 1. The minimum absolute atomic E-state index is 0.0429. The fraction of sp³-hybridized carbons (Fsp3) is 0.333. The van der Waals surface area contributed by atoms with Crippen LogP contribution in [0.15, 0.2) is 24.3 Å². The highest BCUT2D eigenvalue weighted by Gasteiger charge is 2.05. The van der Waals surface area contributed by atoms with Gasteiger partial charge in [0.05, 0.1) is 0 Å². The van der Waals surface area contributed by atoms with E-state index in [1.54, 1.807) is 18.2 Å². The fourth-order valence-electron chi connectivity index (χ4n) is 1.40. The van der Waals surface area contributed by atoms with Crippen LogP contribution in [-0.2, 0) is 16.0 Å². The normalized spacial score (nSPS) is 10.1. The highest BCUT2D eigenvalue weighted by atomic mass is 35.5. The summed E-state index contributed by atoms with van der Waals surface area (Å²) in [5, 5.41) is 9.03. The second-order valence-electron chi connectivity index (χ2n) is 3.59. The van der Waals surface area contributed by atoms with Gasteiger partial charge in [-0.05, 0) is 24.1 Å². The lowest BCUT2D eigenvalue weighted by Crippen LogP contribution is -2.04. The number of hydrogen-bond acceptors (Lipinski definition) is 2. The Bertz CT molecular complexity index is 388. The molecule has 0 radical (unpaired) electrons. The molecule has 0 aromatic heterocycles. The van der Waals surface area contributed by atoms with E-state index in [1.807, 2.05) is 6.07 Å². The Morgan fingerprint density at radius 1 is 1.25 bits per heavy atom. The predicted octanol–water partition coefficient (Wildman–Crippen LogP) is 2.71.